The first-order valence-electron chi connectivity index (χ1n) is 8.06. The Morgan fingerprint density at radius 3 is 2.36 bits per heavy atom. The van der Waals surface area contributed by atoms with Crippen LogP contribution in [-0.4, -0.2) is 17.4 Å². The number of halogens is 1. The number of hydrogen-bond donors (Lipinski definition) is 0. The summed E-state index contributed by atoms with van der Waals surface area (Å²) in [5.74, 6) is -0.315. The second-order valence-electron chi connectivity index (χ2n) is 6.96. The van der Waals surface area contributed by atoms with E-state index >= 15 is 0 Å². The predicted octanol–water partition coefficient (Wildman–Crippen LogP) is 3.89. The Bertz CT molecular complexity index is 645. The Labute approximate surface area is 135 Å². The zero-order valence-corrected chi connectivity index (χ0v) is 13.4. The number of Topliss-reactive ketones (excluding diaryl/α,β-unsaturated/α-hetero) is 1. The van der Waals surface area contributed by atoms with Crippen LogP contribution >= 0.6 is 11.6 Å². The molecular weight excluding hydrogens is 300 g/mol. The van der Waals surface area contributed by atoms with Crippen molar-refractivity contribution in [1.82, 2.24) is 0 Å². The van der Waals surface area contributed by atoms with Crippen LogP contribution in [0.5, 0.6) is 0 Å². The standard InChI is InChI=1S/C18H19ClO3/c1-11-14(12-5-7-13(19)8-6-12)18(11)15(20)17(22-16(18)21)9-3-2-4-10-17/h5-8,11,14H,2-4,9-10H2,1H3/t11-,14+,18?/m0/s1. The van der Waals surface area contributed by atoms with Gasteiger partial charge in [-0.1, -0.05) is 37.1 Å². The van der Waals surface area contributed by atoms with Gasteiger partial charge in [-0.3, -0.25) is 9.59 Å². The van der Waals surface area contributed by atoms with Gasteiger partial charge in [0.1, 0.15) is 5.41 Å². The third-order valence-electron chi connectivity index (χ3n) is 5.91. The maximum atomic E-state index is 13.2. The summed E-state index contributed by atoms with van der Waals surface area (Å²) in [6.07, 6.45) is 4.44. The monoisotopic (exact) mass is 318 g/mol. The highest BCUT2D eigenvalue weighted by molar-refractivity contribution is 6.30. The fourth-order valence-corrected chi connectivity index (χ4v) is 4.80. The quantitative estimate of drug-likeness (QED) is 0.583. The summed E-state index contributed by atoms with van der Waals surface area (Å²) < 4.78 is 5.71. The molecule has 1 aromatic carbocycles. The van der Waals surface area contributed by atoms with E-state index in [1.807, 2.05) is 31.2 Å². The van der Waals surface area contributed by atoms with Gasteiger partial charge in [0.2, 0.25) is 0 Å². The van der Waals surface area contributed by atoms with Crippen LogP contribution in [0.4, 0.5) is 0 Å². The lowest BCUT2D eigenvalue weighted by Gasteiger charge is -2.30. The van der Waals surface area contributed by atoms with E-state index in [1.54, 1.807) is 0 Å². The molecule has 2 spiro atoms. The molecule has 1 heterocycles. The van der Waals surface area contributed by atoms with Gasteiger partial charge >= 0.3 is 5.97 Å². The number of esters is 1. The van der Waals surface area contributed by atoms with Crippen LogP contribution in [0.3, 0.4) is 0 Å². The Kier molecular flexibility index (Phi) is 2.96. The molecule has 1 saturated heterocycles. The van der Waals surface area contributed by atoms with E-state index in [0.717, 1.165) is 24.8 Å². The van der Waals surface area contributed by atoms with Crippen LogP contribution in [0.15, 0.2) is 24.3 Å². The molecule has 1 aliphatic heterocycles. The number of carbonyl (C=O) groups is 2. The molecule has 22 heavy (non-hydrogen) atoms. The molecule has 1 unspecified atom stereocenters. The molecule has 3 nitrogen and oxygen atoms in total. The smallest absolute Gasteiger partial charge is 0.321 e. The van der Waals surface area contributed by atoms with Gasteiger partial charge in [0, 0.05) is 10.9 Å². The van der Waals surface area contributed by atoms with Crippen molar-refractivity contribution in [3.05, 3.63) is 34.9 Å². The highest BCUT2D eigenvalue weighted by atomic mass is 35.5. The van der Waals surface area contributed by atoms with Crippen molar-refractivity contribution in [3.63, 3.8) is 0 Å². The number of rotatable bonds is 1. The van der Waals surface area contributed by atoms with Gasteiger partial charge in [-0.25, -0.2) is 0 Å². The van der Waals surface area contributed by atoms with Gasteiger partial charge in [-0.2, -0.15) is 0 Å². The van der Waals surface area contributed by atoms with Crippen molar-refractivity contribution in [2.24, 2.45) is 11.3 Å². The molecule has 0 aromatic heterocycles. The fraction of sp³-hybridized carbons (Fsp3) is 0.556. The predicted molar refractivity (Wildman–Crippen MR) is 82.7 cm³/mol. The Morgan fingerprint density at radius 2 is 1.73 bits per heavy atom. The molecule has 2 saturated carbocycles. The SMILES string of the molecule is C[C@H]1[C@H](c2ccc(Cl)cc2)C12C(=O)OC1(CCCCC1)C2=O. The lowest BCUT2D eigenvalue weighted by atomic mass is 9.77. The van der Waals surface area contributed by atoms with Crippen molar-refractivity contribution < 1.29 is 14.3 Å². The van der Waals surface area contributed by atoms with E-state index in [2.05, 4.69) is 0 Å². The molecule has 3 aliphatic rings. The second kappa shape index (κ2) is 4.58. The van der Waals surface area contributed by atoms with Gasteiger partial charge in [-0.05, 0) is 49.3 Å². The summed E-state index contributed by atoms with van der Waals surface area (Å²) in [7, 11) is 0. The largest absolute Gasteiger partial charge is 0.450 e. The lowest BCUT2D eigenvalue weighted by Crippen LogP contribution is -2.40. The van der Waals surface area contributed by atoms with Crippen molar-refractivity contribution in [1.29, 1.82) is 0 Å². The molecule has 3 fully saturated rings. The fourth-order valence-electron chi connectivity index (χ4n) is 4.67. The minimum atomic E-state index is -0.939. The number of ketones is 1. The average molecular weight is 319 g/mol. The van der Waals surface area contributed by atoms with Crippen molar-refractivity contribution in [2.45, 2.75) is 50.5 Å². The molecule has 3 atom stereocenters. The Balaban J connectivity index is 1.71. The highest BCUT2D eigenvalue weighted by Gasteiger charge is 2.80. The molecule has 4 heteroatoms. The second-order valence-corrected chi connectivity index (χ2v) is 7.40. The molecule has 0 N–H and O–H groups in total. The minimum absolute atomic E-state index is 0.00924. The maximum Gasteiger partial charge on any atom is 0.321 e. The zero-order chi connectivity index (χ0) is 15.5. The topological polar surface area (TPSA) is 43.4 Å². The van der Waals surface area contributed by atoms with Crippen molar-refractivity contribution >= 4 is 23.4 Å². The van der Waals surface area contributed by atoms with Crippen LogP contribution in [0.1, 0.15) is 50.5 Å². The molecule has 0 radical (unpaired) electrons. The van der Waals surface area contributed by atoms with E-state index in [9.17, 15) is 9.59 Å². The van der Waals surface area contributed by atoms with Crippen LogP contribution in [0, 0.1) is 11.3 Å². The van der Waals surface area contributed by atoms with Crippen LogP contribution in [0.2, 0.25) is 5.02 Å². The summed E-state index contributed by atoms with van der Waals surface area (Å²) in [6.45, 7) is 1.99. The maximum absolute atomic E-state index is 13.2. The third kappa shape index (κ3) is 1.63. The average Bonchev–Trinajstić information content (AvgIpc) is 3.08. The van der Waals surface area contributed by atoms with Crippen molar-refractivity contribution in [2.75, 3.05) is 0 Å². The highest BCUT2D eigenvalue weighted by Crippen LogP contribution is 2.70. The number of benzene rings is 1. The summed E-state index contributed by atoms with van der Waals surface area (Å²) in [5.41, 5.74) is -0.759. The Morgan fingerprint density at radius 1 is 1.09 bits per heavy atom. The molecule has 116 valence electrons. The summed E-state index contributed by atoms with van der Waals surface area (Å²) in [5, 5.41) is 0.662. The molecular formula is C18H19ClO3. The normalized spacial score (nSPS) is 35.9. The first kappa shape index (κ1) is 14.3. The first-order chi connectivity index (χ1) is 10.5. The van der Waals surface area contributed by atoms with E-state index in [1.165, 1.54) is 0 Å². The van der Waals surface area contributed by atoms with E-state index < -0.39 is 11.0 Å². The van der Waals surface area contributed by atoms with Gasteiger partial charge < -0.3 is 4.74 Å². The van der Waals surface area contributed by atoms with E-state index in [-0.39, 0.29) is 23.6 Å². The van der Waals surface area contributed by atoms with Crippen LogP contribution < -0.4 is 0 Å². The molecule has 0 amide bonds. The number of hydrogen-bond acceptors (Lipinski definition) is 3. The number of ether oxygens (including phenoxy) is 1. The molecule has 1 aromatic rings. The number of carbonyl (C=O) groups excluding carboxylic acids is 2. The van der Waals surface area contributed by atoms with Gasteiger partial charge in [-0.15, -0.1) is 0 Å². The van der Waals surface area contributed by atoms with Crippen LogP contribution in [0.25, 0.3) is 0 Å². The van der Waals surface area contributed by atoms with Crippen LogP contribution in [-0.2, 0) is 14.3 Å². The third-order valence-corrected chi connectivity index (χ3v) is 6.16. The zero-order valence-electron chi connectivity index (χ0n) is 12.6. The van der Waals surface area contributed by atoms with E-state index in [4.69, 9.17) is 16.3 Å². The van der Waals surface area contributed by atoms with Gasteiger partial charge in [0.15, 0.2) is 11.4 Å². The summed E-state index contributed by atoms with van der Waals surface area (Å²) >= 11 is 5.94. The molecule has 0 bridgehead atoms. The van der Waals surface area contributed by atoms with Gasteiger partial charge in [0.05, 0.1) is 0 Å². The van der Waals surface area contributed by atoms with Gasteiger partial charge in [0.25, 0.3) is 0 Å². The van der Waals surface area contributed by atoms with Crippen molar-refractivity contribution in [3.8, 4) is 0 Å². The lowest BCUT2D eigenvalue weighted by molar-refractivity contribution is -0.155. The summed E-state index contributed by atoms with van der Waals surface area (Å²) in [4.78, 5) is 25.8. The Hall–Kier alpha value is -1.35. The molecule has 2 aliphatic carbocycles. The molecule has 4 rings (SSSR count). The minimum Gasteiger partial charge on any atom is -0.450 e. The first-order valence-corrected chi connectivity index (χ1v) is 8.44. The van der Waals surface area contributed by atoms with E-state index in [0.29, 0.717) is 17.9 Å². The summed E-state index contributed by atoms with van der Waals surface area (Å²) in [6, 6.07) is 7.48.